The number of rotatable bonds is 9. The maximum atomic E-state index is 9.67. The molecule has 0 bridgehead atoms. The molecule has 0 heterocycles. The average Bonchev–Trinajstić information content (AvgIpc) is 3.10. The molecular formula is C12H25NO3. The van der Waals surface area contributed by atoms with Crippen LogP contribution in [-0.4, -0.2) is 48.2 Å². The summed E-state index contributed by atoms with van der Waals surface area (Å²) < 4.78 is 5.40. The first-order valence-corrected chi connectivity index (χ1v) is 6.21. The Bertz CT molecular complexity index is 191. The molecule has 4 nitrogen and oxygen atoms in total. The van der Waals surface area contributed by atoms with Gasteiger partial charge in [-0.1, -0.05) is 6.92 Å². The first-order valence-electron chi connectivity index (χ1n) is 6.21. The lowest BCUT2D eigenvalue weighted by atomic mass is 10.0. The number of aliphatic hydroxyl groups is 2. The molecule has 0 saturated heterocycles. The molecule has 0 aliphatic heterocycles. The van der Waals surface area contributed by atoms with Crippen molar-refractivity contribution < 1.29 is 14.9 Å². The van der Waals surface area contributed by atoms with Crippen LogP contribution in [0.1, 0.15) is 33.1 Å². The van der Waals surface area contributed by atoms with Crippen LogP contribution in [0.2, 0.25) is 0 Å². The minimum atomic E-state index is -0.490. The predicted molar refractivity (Wildman–Crippen MR) is 63.3 cm³/mol. The summed E-state index contributed by atoms with van der Waals surface area (Å²) in [6.45, 7) is 5.68. The van der Waals surface area contributed by atoms with E-state index >= 15 is 0 Å². The summed E-state index contributed by atoms with van der Waals surface area (Å²) in [5, 5.41) is 22.0. The molecule has 0 amide bonds. The van der Waals surface area contributed by atoms with Crippen molar-refractivity contribution in [3.8, 4) is 0 Å². The summed E-state index contributed by atoms with van der Waals surface area (Å²) in [6, 6.07) is 0. The standard InChI is InChI=1S/C12H25NO3/c1-3-12(2,9-14)13-6-11(15)8-16-7-10-4-5-10/h10-11,13-15H,3-9H2,1-2H3. The highest BCUT2D eigenvalue weighted by Gasteiger charge is 2.23. The van der Waals surface area contributed by atoms with Gasteiger partial charge >= 0.3 is 0 Å². The number of ether oxygens (including phenoxy) is 1. The molecule has 1 rings (SSSR count). The molecule has 0 aromatic rings. The fraction of sp³-hybridized carbons (Fsp3) is 1.00. The fourth-order valence-corrected chi connectivity index (χ4v) is 1.37. The van der Waals surface area contributed by atoms with Gasteiger partial charge in [-0.05, 0) is 32.1 Å². The van der Waals surface area contributed by atoms with Gasteiger partial charge in [-0.15, -0.1) is 0 Å². The van der Waals surface area contributed by atoms with Crippen molar-refractivity contribution in [2.24, 2.45) is 5.92 Å². The third kappa shape index (κ3) is 5.25. The Morgan fingerprint density at radius 1 is 1.50 bits per heavy atom. The molecule has 3 N–H and O–H groups in total. The lowest BCUT2D eigenvalue weighted by molar-refractivity contribution is 0.0259. The molecule has 2 unspecified atom stereocenters. The molecule has 0 spiro atoms. The van der Waals surface area contributed by atoms with Gasteiger partial charge in [-0.2, -0.15) is 0 Å². The van der Waals surface area contributed by atoms with E-state index < -0.39 is 6.10 Å². The molecule has 16 heavy (non-hydrogen) atoms. The highest BCUT2D eigenvalue weighted by molar-refractivity contribution is 4.81. The van der Waals surface area contributed by atoms with E-state index in [4.69, 9.17) is 4.74 Å². The van der Waals surface area contributed by atoms with Gasteiger partial charge in [0.2, 0.25) is 0 Å². The molecule has 0 aromatic heterocycles. The van der Waals surface area contributed by atoms with Gasteiger partial charge in [-0.25, -0.2) is 0 Å². The maximum Gasteiger partial charge on any atom is 0.0897 e. The summed E-state index contributed by atoms with van der Waals surface area (Å²) >= 11 is 0. The van der Waals surface area contributed by atoms with Gasteiger partial charge in [0.25, 0.3) is 0 Å². The molecule has 96 valence electrons. The average molecular weight is 231 g/mol. The Labute approximate surface area is 98.0 Å². The molecule has 2 atom stereocenters. The molecule has 1 aliphatic rings. The Balaban J connectivity index is 2.05. The number of β-amino-alcohol motifs (C(OH)–C–C–N with tert-alkyl or cyclic N) is 1. The Kier molecular flexibility index (Phi) is 5.69. The second kappa shape index (κ2) is 6.55. The molecule has 0 aromatic carbocycles. The van der Waals surface area contributed by atoms with Crippen LogP contribution >= 0.6 is 0 Å². The maximum absolute atomic E-state index is 9.67. The molecule has 4 heteroatoms. The minimum absolute atomic E-state index is 0.0825. The van der Waals surface area contributed by atoms with E-state index in [1.807, 2.05) is 13.8 Å². The number of hydrogen-bond acceptors (Lipinski definition) is 4. The van der Waals surface area contributed by atoms with Crippen LogP contribution in [0.25, 0.3) is 0 Å². The Morgan fingerprint density at radius 3 is 2.69 bits per heavy atom. The van der Waals surface area contributed by atoms with Crippen molar-refractivity contribution in [3.05, 3.63) is 0 Å². The predicted octanol–water partition coefficient (Wildman–Crippen LogP) is 0.524. The van der Waals surface area contributed by atoms with Gasteiger partial charge in [0, 0.05) is 18.7 Å². The van der Waals surface area contributed by atoms with Crippen molar-refractivity contribution in [2.75, 3.05) is 26.4 Å². The minimum Gasteiger partial charge on any atom is -0.394 e. The van der Waals surface area contributed by atoms with E-state index in [2.05, 4.69) is 5.32 Å². The van der Waals surface area contributed by atoms with Crippen molar-refractivity contribution in [2.45, 2.75) is 44.8 Å². The van der Waals surface area contributed by atoms with Crippen LogP contribution in [0, 0.1) is 5.92 Å². The van der Waals surface area contributed by atoms with E-state index in [9.17, 15) is 10.2 Å². The Hall–Kier alpha value is -0.160. The SMILES string of the molecule is CCC(C)(CO)NCC(O)COCC1CC1. The second-order valence-corrected chi connectivity index (χ2v) is 5.09. The monoisotopic (exact) mass is 231 g/mol. The van der Waals surface area contributed by atoms with Crippen LogP contribution in [-0.2, 0) is 4.74 Å². The second-order valence-electron chi connectivity index (χ2n) is 5.09. The number of nitrogens with one attached hydrogen (secondary N) is 1. The van der Waals surface area contributed by atoms with Crippen molar-refractivity contribution in [1.82, 2.24) is 5.32 Å². The van der Waals surface area contributed by atoms with Crippen LogP contribution in [0.4, 0.5) is 0 Å². The molecule has 1 saturated carbocycles. The summed E-state index contributed by atoms with van der Waals surface area (Å²) in [4.78, 5) is 0. The summed E-state index contributed by atoms with van der Waals surface area (Å²) in [7, 11) is 0. The normalized spacial score (nSPS) is 21.8. The van der Waals surface area contributed by atoms with E-state index in [-0.39, 0.29) is 12.1 Å². The van der Waals surface area contributed by atoms with Crippen molar-refractivity contribution >= 4 is 0 Å². The fourth-order valence-electron chi connectivity index (χ4n) is 1.37. The zero-order chi connectivity index (χ0) is 12.0. The van der Waals surface area contributed by atoms with Gasteiger partial charge in [0.05, 0.1) is 19.3 Å². The lowest BCUT2D eigenvalue weighted by Gasteiger charge is -2.28. The van der Waals surface area contributed by atoms with Crippen LogP contribution in [0.3, 0.4) is 0 Å². The van der Waals surface area contributed by atoms with Gasteiger partial charge in [-0.3, -0.25) is 0 Å². The highest BCUT2D eigenvalue weighted by atomic mass is 16.5. The molecule has 0 radical (unpaired) electrons. The largest absolute Gasteiger partial charge is 0.394 e. The zero-order valence-electron chi connectivity index (χ0n) is 10.4. The lowest BCUT2D eigenvalue weighted by Crippen LogP contribution is -2.48. The summed E-state index contributed by atoms with van der Waals surface area (Å²) in [5.41, 5.74) is -0.294. The third-order valence-electron chi connectivity index (χ3n) is 3.25. The van der Waals surface area contributed by atoms with Gasteiger partial charge < -0.3 is 20.3 Å². The van der Waals surface area contributed by atoms with Crippen LogP contribution in [0.15, 0.2) is 0 Å². The van der Waals surface area contributed by atoms with E-state index in [1.165, 1.54) is 12.8 Å². The van der Waals surface area contributed by atoms with Crippen LogP contribution < -0.4 is 5.32 Å². The number of hydrogen-bond donors (Lipinski definition) is 3. The van der Waals surface area contributed by atoms with Crippen molar-refractivity contribution in [1.29, 1.82) is 0 Å². The van der Waals surface area contributed by atoms with E-state index in [1.54, 1.807) is 0 Å². The van der Waals surface area contributed by atoms with Crippen LogP contribution in [0.5, 0.6) is 0 Å². The Morgan fingerprint density at radius 2 is 2.19 bits per heavy atom. The van der Waals surface area contributed by atoms with E-state index in [0.29, 0.717) is 13.2 Å². The topological polar surface area (TPSA) is 61.7 Å². The molecule has 1 aliphatic carbocycles. The quantitative estimate of drug-likeness (QED) is 0.541. The van der Waals surface area contributed by atoms with Gasteiger partial charge in [0.15, 0.2) is 0 Å². The number of aliphatic hydroxyl groups excluding tert-OH is 2. The third-order valence-corrected chi connectivity index (χ3v) is 3.25. The first-order chi connectivity index (χ1) is 7.59. The van der Waals surface area contributed by atoms with Gasteiger partial charge in [0.1, 0.15) is 0 Å². The zero-order valence-corrected chi connectivity index (χ0v) is 10.4. The first kappa shape index (κ1) is 13.9. The summed E-state index contributed by atoms with van der Waals surface area (Å²) in [5.74, 6) is 0.735. The van der Waals surface area contributed by atoms with Crippen molar-refractivity contribution in [3.63, 3.8) is 0 Å². The highest BCUT2D eigenvalue weighted by Crippen LogP contribution is 2.28. The molecular weight excluding hydrogens is 206 g/mol. The smallest absolute Gasteiger partial charge is 0.0897 e. The van der Waals surface area contributed by atoms with E-state index in [0.717, 1.165) is 18.9 Å². The summed E-state index contributed by atoms with van der Waals surface area (Å²) in [6.07, 6.45) is 2.88. The molecule has 1 fully saturated rings.